The Labute approximate surface area is 144 Å². The first-order valence-corrected chi connectivity index (χ1v) is 8.86. The number of halogens is 3. The van der Waals surface area contributed by atoms with Gasteiger partial charge in [-0.15, -0.1) is 11.3 Å². The van der Waals surface area contributed by atoms with Gasteiger partial charge in [-0.05, 0) is 40.7 Å². The summed E-state index contributed by atoms with van der Waals surface area (Å²) in [5, 5.41) is 3.49. The molecule has 0 aliphatic heterocycles. The number of thiophene rings is 1. The molecule has 0 bridgehead atoms. The fourth-order valence-electron chi connectivity index (χ4n) is 2.00. The monoisotopic (exact) mass is 437 g/mol. The van der Waals surface area contributed by atoms with Gasteiger partial charge >= 0.3 is 0 Å². The van der Waals surface area contributed by atoms with Crippen LogP contribution in [0.4, 0.5) is 0 Å². The summed E-state index contributed by atoms with van der Waals surface area (Å²) in [6.07, 6.45) is 0. The Kier molecular flexibility index (Phi) is 5.93. The van der Waals surface area contributed by atoms with Crippen LogP contribution in [0.2, 0.25) is 4.34 Å². The third-order valence-corrected chi connectivity index (χ3v) is 5.90. The molecule has 1 heterocycles. The number of ether oxygens (including phenoxy) is 1. The fourth-order valence-corrected chi connectivity index (χ4v) is 4.17. The maximum Gasteiger partial charge on any atom is 0.125 e. The van der Waals surface area contributed by atoms with Gasteiger partial charge in [0.25, 0.3) is 0 Å². The van der Waals surface area contributed by atoms with E-state index >= 15 is 0 Å². The van der Waals surface area contributed by atoms with E-state index in [4.69, 9.17) is 16.3 Å². The molecule has 0 saturated carbocycles. The Hall–Kier alpha value is -0.0700. The van der Waals surface area contributed by atoms with Gasteiger partial charge in [-0.1, -0.05) is 40.5 Å². The second-order valence-electron chi connectivity index (χ2n) is 4.15. The van der Waals surface area contributed by atoms with Crippen molar-refractivity contribution >= 4 is 54.8 Å². The number of hydrogen-bond donors (Lipinski definition) is 1. The Morgan fingerprint density at radius 1 is 1.35 bits per heavy atom. The smallest absolute Gasteiger partial charge is 0.125 e. The van der Waals surface area contributed by atoms with Crippen LogP contribution in [0.3, 0.4) is 0 Å². The van der Waals surface area contributed by atoms with Gasteiger partial charge in [0.05, 0.1) is 13.2 Å². The van der Waals surface area contributed by atoms with Crippen LogP contribution in [-0.2, 0) is 0 Å². The van der Waals surface area contributed by atoms with Crippen LogP contribution >= 0.6 is 54.8 Å². The van der Waals surface area contributed by atoms with Crippen molar-refractivity contribution in [2.75, 3.05) is 13.7 Å². The molecule has 6 heteroatoms. The molecule has 0 radical (unpaired) electrons. The lowest BCUT2D eigenvalue weighted by atomic mass is 10.0. The highest BCUT2D eigenvalue weighted by molar-refractivity contribution is 9.10. The van der Waals surface area contributed by atoms with Crippen molar-refractivity contribution in [2.45, 2.75) is 13.0 Å². The van der Waals surface area contributed by atoms with Crippen molar-refractivity contribution in [3.63, 3.8) is 0 Å². The zero-order valence-corrected chi connectivity index (χ0v) is 15.8. The van der Waals surface area contributed by atoms with E-state index in [1.165, 1.54) is 0 Å². The average Bonchev–Trinajstić information content (AvgIpc) is 2.76. The molecule has 108 valence electrons. The topological polar surface area (TPSA) is 21.3 Å². The van der Waals surface area contributed by atoms with E-state index < -0.39 is 0 Å². The molecule has 1 aromatic carbocycles. The summed E-state index contributed by atoms with van der Waals surface area (Å²) in [6.45, 7) is 2.94. The molecular weight excluding hydrogens is 425 g/mol. The lowest BCUT2D eigenvalue weighted by Gasteiger charge is -2.19. The third-order valence-electron chi connectivity index (χ3n) is 2.86. The van der Waals surface area contributed by atoms with Gasteiger partial charge in [0.15, 0.2) is 0 Å². The number of nitrogens with one attached hydrogen (secondary N) is 1. The molecule has 0 amide bonds. The van der Waals surface area contributed by atoms with E-state index in [1.54, 1.807) is 18.4 Å². The highest BCUT2D eigenvalue weighted by atomic mass is 79.9. The summed E-state index contributed by atoms with van der Waals surface area (Å²) >= 11 is 14.7. The standard InChI is InChI=1S/C14H14Br2ClNOS/c1-3-18-13(12-7-10(16)14(17)20-12)9-5-4-8(15)6-11(9)19-2/h4-7,13,18H,3H2,1-2H3. The summed E-state index contributed by atoms with van der Waals surface area (Å²) in [4.78, 5) is 1.16. The summed E-state index contributed by atoms with van der Waals surface area (Å²) in [5.74, 6) is 0.853. The minimum absolute atomic E-state index is 0.0665. The van der Waals surface area contributed by atoms with Crippen molar-refractivity contribution in [3.05, 3.63) is 48.0 Å². The Morgan fingerprint density at radius 2 is 2.10 bits per heavy atom. The van der Waals surface area contributed by atoms with E-state index in [0.29, 0.717) is 0 Å². The van der Waals surface area contributed by atoms with Gasteiger partial charge in [-0.3, -0.25) is 0 Å². The molecule has 0 spiro atoms. The molecule has 2 rings (SSSR count). The third kappa shape index (κ3) is 3.57. The number of hydrogen-bond acceptors (Lipinski definition) is 3. The lowest BCUT2D eigenvalue weighted by molar-refractivity contribution is 0.404. The maximum absolute atomic E-state index is 6.17. The molecule has 0 aliphatic rings. The first-order chi connectivity index (χ1) is 9.56. The average molecular weight is 440 g/mol. The van der Waals surface area contributed by atoms with Crippen molar-refractivity contribution in [2.24, 2.45) is 0 Å². The van der Waals surface area contributed by atoms with Crippen molar-refractivity contribution in [1.82, 2.24) is 5.32 Å². The van der Waals surface area contributed by atoms with E-state index in [9.17, 15) is 0 Å². The van der Waals surface area contributed by atoms with Crippen molar-refractivity contribution in [1.29, 1.82) is 0 Å². The van der Waals surface area contributed by atoms with Crippen LogP contribution in [0.1, 0.15) is 23.4 Å². The van der Waals surface area contributed by atoms with E-state index in [1.807, 2.05) is 12.1 Å². The number of benzene rings is 1. The zero-order valence-electron chi connectivity index (χ0n) is 11.0. The fraction of sp³-hybridized carbons (Fsp3) is 0.286. The maximum atomic E-state index is 6.17. The van der Waals surface area contributed by atoms with Crippen LogP contribution in [0, 0.1) is 0 Å². The Bertz CT molecular complexity index is 583. The van der Waals surface area contributed by atoms with Gasteiger partial charge in [-0.25, -0.2) is 0 Å². The molecule has 2 aromatic rings. The van der Waals surface area contributed by atoms with Crippen LogP contribution in [0.15, 0.2) is 33.2 Å². The molecule has 2 nitrogen and oxygen atoms in total. The lowest BCUT2D eigenvalue weighted by Crippen LogP contribution is -2.21. The molecule has 20 heavy (non-hydrogen) atoms. The van der Waals surface area contributed by atoms with Gasteiger partial charge in [-0.2, -0.15) is 0 Å². The second kappa shape index (κ2) is 7.27. The number of methoxy groups -OCH3 is 1. The molecule has 0 aliphatic carbocycles. The predicted octanol–water partition coefficient (Wildman–Crippen LogP) is 5.63. The Balaban J connectivity index is 2.47. The van der Waals surface area contributed by atoms with Crippen molar-refractivity contribution < 1.29 is 4.74 Å². The zero-order chi connectivity index (χ0) is 14.7. The van der Waals surface area contributed by atoms with Crippen LogP contribution in [0.5, 0.6) is 5.75 Å². The summed E-state index contributed by atoms with van der Waals surface area (Å²) in [6, 6.07) is 8.19. The second-order valence-corrected chi connectivity index (χ2v) is 7.60. The van der Waals surface area contributed by atoms with E-state index in [-0.39, 0.29) is 6.04 Å². The Morgan fingerprint density at radius 3 is 2.65 bits per heavy atom. The molecular formula is C14H14Br2ClNOS. The summed E-state index contributed by atoms with van der Waals surface area (Å²) in [7, 11) is 1.69. The summed E-state index contributed by atoms with van der Waals surface area (Å²) in [5.41, 5.74) is 1.10. The molecule has 1 aromatic heterocycles. The molecule has 0 fully saturated rings. The molecule has 1 unspecified atom stereocenters. The van der Waals surface area contributed by atoms with Gasteiger partial charge in [0.1, 0.15) is 10.1 Å². The number of rotatable bonds is 5. The van der Waals surface area contributed by atoms with E-state index in [0.717, 1.165) is 36.0 Å². The molecule has 0 saturated heterocycles. The molecule has 1 atom stereocenters. The molecule has 1 N–H and O–H groups in total. The largest absolute Gasteiger partial charge is 0.496 e. The van der Waals surface area contributed by atoms with E-state index in [2.05, 4.69) is 56.2 Å². The quantitative estimate of drug-likeness (QED) is 0.652. The predicted molar refractivity (Wildman–Crippen MR) is 93.2 cm³/mol. The first-order valence-electron chi connectivity index (χ1n) is 6.08. The van der Waals surface area contributed by atoms with Crippen LogP contribution in [-0.4, -0.2) is 13.7 Å². The van der Waals surface area contributed by atoms with Gasteiger partial charge < -0.3 is 10.1 Å². The normalized spacial score (nSPS) is 12.4. The van der Waals surface area contributed by atoms with Crippen LogP contribution < -0.4 is 10.1 Å². The first kappa shape index (κ1) is 16.3. The van der Waals surface area contributed by atoms with Gasteiger partial charge in [0, 0.05) is 19.4 Å². The minimum atomic E-state index is 0.0665. The van der Waals surface area contributed by atoms with Crippen LogP contribution in [0.25, 0.3) is 0 Å². The SMILES string of the molecule is CCNC(c1cc(Br)c(Cl)s1)c1ccc(Br)cc1OC. The van der Waals surface area contributed by atoms with Gasteiger partial charge in [0.2, 0.25) is 0 Å². The van der Waals surface area contributed by atoms with Crippen molar-refractivity contribution in [3.8, 4) is 5.75 Å². The summed E-state index contributed by atoms with van der Waals surface area (Å²) < 4.78 is 8.19. The highest BCUT2D eigenvalue weighted by Gasteiger charge is 2.20. The minimum Gasteiger partial charge on any atom is -0.496 e. The highest BCUT2D eigenvalue weighted by Crippen LogP contribution is 2.40.